The van der Waals surface area contributed by atoms with Gasteiger partial charge in [0.2, 0.25) is 5.91 Å². The highest BCUT2D eigenvalue weighted by Crippen LogP contribution is 2.28. The molecule has 3 aromatic carbocycles. The predicted octanol–water partition coefficient (Wildman–Crippen LogP) is 6.30. The maximum absolute atomic E-state index is 11.6. The molecule has 0 saturated carbocycles. The Labute approximate surface area is 168 Å². The fourth-order valence-electron chi connectivity index (χ4n) is 3.85. The Balaban J connectivity index is 1.73. The minimum atomic E-state index is -0.0148. The number of carbonyl (C=O) groups excluding carboxylic acids is 1. The van der Waals surface area contributed by atoms with Crippen LogP contribution in [0.3, 0.4) is 0 Å². The molecule has 0 unspecified atom stereocenters. The Bertz CT molecular complexity index is 973. The van der Waals surface area contributed by atoms with Crippen LogP contribution in [0.4, 0.5) is 0 Å². The van der Waals surface area contributed by atoms with Gasteiger partial charge in [0.1, 0.15) is 0 Å². The van der Waals surface area contributed by atoms with Crippen molar-refractivity contribution in [2.75, 3.05) is 13.6 Å². The van der Waals surface area contributed by atoms with Gasteiger partial charge in [-0.3, -0.25) is 4.79 Å². The van der Waals surface area contributed by atoms with Gasteiger partial charge in [-0.2, -0.15) is 0 Å². The van der Waals surface area contributed by atoms with E-state index >= 15 is 0 Å². The molecule has 1 amide bonds. The first-order chi connectivity index (χ1) is 13.6. The van der Waals surface area contributed by atoms with Crippen LogP contribution in [0, 0.1) is 0 Å². The highest BCUT2D eigenvalue weighted by atomic mass is 16.2. The topological polar surface area (TPSA) is 20.3 Å². The van der Waals surface area contributed by atoms with Gasteiger partial charge in [0.25, 0.3) is 0 Å². The van der Waals surface area contributed by atoms with Gasteiger partial charge in [-0.05, 0) is 64.4 Å². The highest BCUT2D eigenvalue weighted by molar-refractivity contribution is 6.07. The highest BCUT2D eigenvalue weighted by Gasteiger charge is 2.06. The van der Waals surface area contributed by atoms with E-state index in [1.807, 2.05) is 7.05 Å². The van der Waals surface area contributed by atoms with Crippen LogP contribution in [0.2, 0.25) is 0 Å². The molecule has 0 bridgehead atoms. The molecule has 0 aromatic heterocycles. The van der Waals surface area contributed by atoms with Gasteiger partial charge in [-0.25, -0.2) is 0 Å². The van der Waals surface area contributed by atoms with Crippen molar-refractivity contribution in [1.29, 1.82) is 0 Å². The van der Waals surface area contributed by atoms with Crippen LogP contribution < -0.4 is 0 Å². The van der Waals surface area contributed by atoms with Gasteiger partial charge in [0.05, 0.1) is 0 Å². The average Bonchev–Trinajstić information content (AvgIpc) is 2.72. The van der Waals surface area contributed by atoms with Gasteiger partial charge in [0.15, 0.2) is 0 Å². The van der Waals surface area contributed by atoms with Crippen molar-refractivity contribution < 1.29 is 4.79 Å². The van der Waals surface area contributed by atoms with Gasteiger partial charge in [-0.1, -0.05) is 74.9 Å². The monoisotopic (exact) mass is 373 g/mol. The molecule has 0 aliphatic heterocycles. The minimum absolute atomic E-state index is 0.0148. The maximum Gasteiger partial charge on any atom is 0.245 e. The van der Waals surface area contributed by atoms with Crippen LogP contribution in [0.15, 0.2) is 61.2 Å². The van der Waals surface area contributed by atoms with Crippen molar-refractivity contribution in [2.24, 2.45) is 0 Å². The largest absolute Gasteiger partial charge is 0.342 e. The van der Waals surface area contributed by atoms with Crippen LogP contribution in [0.1, 0.15) is 43.7 Å². The molecule has 0 aliphatic rings. The molecule has 2 heteroatoms. The molecule has 0 N–H and O–H groups in total. The molecule has 0 spiro atoms. The average molecular weight is 374 g/mol. The van der Waals surface area contributed by atoms with Crippen LogP contribution in [0.25, 0.3) is 21.5 Å². The lowest BCUT2D eigenvalue weighted by Gasteiger charge is -2.14. The number of unbranched alkanes of at least 4 members (excludes halogenated alkanes) is 2. The summed E-state index contributed by atoms with van der Waals surface area (Å²) in [5.74, 6) is -0.0148. The summed E-state index contributed by atoms with van der Waals surface area (Å²) in [4.78, 5) is 13.3. The summed E-state index contributed by atoms with van der Waals surface area (Å²) in [6.07, 6.45) is 8.30. The van der Waals surface area contributed by atoms with E-state index in [0.717, 1.165) is 19.4 Å². The van der Waals surface area contributed by atoms with Gasteiger partial charge >= 0.3 is 0 Å². The summed E-state index contributed by atoms with van der Waals surface area (Å²) in [5.41, 5.74) is 2.76. The number of carbonyl (C=O) groups is 1. The van der Waals surface area contributed by atoms with E-state index in [-0.39, 0.29) is 5.91 Å². The number of hydrogen-bond donors (Lipinski definition) is 0. The summed E-state index contributed by atoms with van der Waals surface area (Å²) in [6, 6.07) is 18.2. The smallest absolute Gasteiger partial charge is 0.245 e. The number of aryl methyl sites for hydroxylation is 2. The van der Waals surface area contributed by atoms with E-state index in [4.69, 9.17) is 0 Å². The van der Waals surface area contributed by atoms with Crippen LogP contribution in [-0.2, 0) is 17.6 Å². The molecule has 0 saturated heterocycles. The molecule has 0 heterocycles. The zero-order valence-electron chi connectivity index (χ0n) is 17.2. The number of rotatable bonds is 9. The third-order valence-corrected chi connectivity index (χ3v) is 5.54. The first-order valence-electron chi connectivity index (χ1n) is 10.4. The van der Waals surface area contributed by atoms with Crippen LogP contribution in [0.5, 0.6) is 0 Å². The van der Waals surface area contributed by atoms with Gasteiger partial charge in [0, 0.05) is 13.6 Å². The number of likely N-dealkylation sites (N-methyl/N-ethyl adjacent to an activating group) is 1. The van der Waals surface area contributed by atoms with Crippen molar-refractivity contribution >= 4 is 27.5 Å². The van der Waals surface area contributed by atoms with E-state index < -0.39 is 0 Å². The second kappa shape index (κ2) is 9.54. The fraction of sp³-hybridized carbons (Fsp3) is 0.346. The molecule has 3 rings (SSSR count). The molecular formula is C26H31NO. The van der Waals surface area contributed by atoms with E-state index in [1.54, 1.807) is 4.90 Å². The normalized spacial score (nSPS) is 11.1. The molecule has 2 nitrogen and oxygen atoms in total. The molecule has 28 heavy (non-hydrogen) atoms. The molecule has 3 aromatic rings. The fourth-order valence-corrected chi connectivity index (χ4v) is 3.85. The first-order valence-corrected chi connectivity index (χ1v) is 10.4. The number of benzene rings is 3. The predicted molar refractivity (Wildman–Crippen MR) is 121 cm³/mol. The van der Waals surface area contributed by atoms with Crippen LogP contribution in [-0.4, -0.2) is 24.4 Å². The Kier molecular flexibility index (Phi) is 6.86. The SMILES string of the molecule is C=CC(=O)N(C)CCCc1ccc2c(ccc3cc(CCCCC)ccc32)c1. The third-order valence-electron chi connectivity index (χ3n) is 5.54. The minimum Gasteiger partial charge on any atom is -0.342 e. The van der Waals surface area contributed by atoms with Gasteiger partial charge < -0.3 is 4.90 Å². The van der Waals surface area contributed by atoms with Crippen molar-refractivity contribution in [3.63, 3.8) is 0 Å². The number of fused-ring (bicyclic) bond motifs is 3. The first kappa shape index (κ1) is 20.1. The standard InChI is InChI=1S/C26H31NO/c1-4-6-7-9-20-11-15-24-22(18-20)13-14-23-19-21(12-16-25(23)24)10-8-17-27(3)26(28)5-2/h5,11-16,18-19H,2,4,6-10,17H2,1,3H3. The van der Waals surface area contributed by atoms with Crippen molar-refractivity contribution in [1.82, 2.24) is 4.90 Å². The third kappa shape index (κ3) is 4.81. The Morgan fingerprint density at radius 1 is 0.893 bits per heavy atom. The lowest BCUT2D eigenvalue weighted by molar-refractivity contribution is -0.124. The maximum atomic E-state index is 11.6. The second-order valence-corrected chi connectivity index (χ2v) is 7.70. The molecular weight excluding hydrogens is 342 g/mol. The molecule has 0 atom stereocenters. The van der Waals surface area contributed by atoms with E-state index in [2.05, 4.69) is 62.0 Å². The quantitative estimate of drug-likeness (QED) is 0.245. The Morgan fingerprint density at radius 2 is 1.46 bits per heavy atom. The second-order valence-electron chi connectivity index (χ2n) is 7.70. The Hall–Kier alpha value is -2.61. The van der Waals surface area contributed by atoms with Crippen molar-refractivity contribution in [3.8, 4) is 0 Å². The summed E-state index contributed by atoms with van der Waals surface area (Å²) in [6.45, 7) is 6.54. The molecule has 146 valence electrons. The van der Waals surface area contributed by atoms with E-state index in [1.165, 1.54) is 64.4 Å². The summed E-state index contributed by atoms with van der Waals surface area (Å²) in [7, 11) is 1.83. The van der Waals surface area contributed by atoms with Crippen molar-refractivity contribution in [2.45, 2.75) is 45.4 Å². The van der Waals surface area contributed by atoms with Crippen LogP contribution >= 0.6 is 0 Å². The summed E-state index contributed by atoms with van der Waals surface area (Å²) in [5, 5.41) is 5.28. The molecule has 0 fully saturated rings. The number of nitrogens with zero attached hydrogens (tertiary/aromatic N) is 1. The van der Waals surface area contributed by atoms with Crippen molar-refractivity contribution in [3.05, 3.63) is 72.3 Å². The summed E-state index contributed by atoms with van der Waals surface area (Å²) < 4.78 is 0. The lowest BCUT2D eigenvalue weighted by Crippen LogP contribution is -2.25. The number of amides is 1. The molecule has 0 aliphatic carbocycles. The molecule has 0 radical (unpaired) electrons. The van der Waals surface area contributed by atoms with E-state index in [0.29, 0.717) is 0 Å². The Morgan fingerprint density at radius 3 is 2.00 bits per heavy atom. The zero-order valence-corrected chi connectivity index (χ0v) is 17.2. The van der Waals surface area contributed by atoms with E-state index in [9.17, 15) is 4.79 Å². The lowest BCUT2D eigenvalue weighted by atomic mass is 9.96. The van der Waals surface area contributed by atoms with Gasteiger partial charge in [-0.15, -0.1) is 0 Å². The summed E-state index contributed by atoms with van der Waals surface area (Å²) >= 11 is 0. The zero-order chi connectivity index (χ0) is 19.9. The number of hydrogen-bond acceptors (Lipinski definition) is 1.